The average molecular weight is 373 g/mol. The van der Waals surface area contributed by atoms with Gasteiger partial charge < -0.3 is 19.7 Å². The van der Waals surface area contributed by atoms with E-state index in [1.165, 1.54) is 0 Å². The van der Waals surface area contributed by atoms with Crippen LogP contribution in [0.5, 0.6) is 0 Å². The zero-order chi connectivity index (χ0) is 18.8. The number of rotatable bonds is 4. The van der Waals surface area contributed by atoms with E-state index in [4.69, 9.17) is 0 Å². The highest BCUT2D eigenvalue weighted by Gasteiger charge is 2.31. The Labute approximate surface area is 158 Å². The average Bonchev–Trinajstić information content (AvgIpc) is 3.35. The number of carbonyl (C=O) groups is 3. The molecule has 0 bridgehead atoms. The summed E-state index contributed by atoms with van der Waals surface area (Å²) in [4.78, 5) is 44.7. The summed E-state index contributed by atoms with van der Waals surface area (Å²) in [5.41, 5.74) is 1.31. The highest BCUT2D eigenvalue weighted by molar-refractivity contribution is 5.97. The second kappa shape index (κ2) is 7.70. The topological polar surface area (TPSA) is 87.5 Å². The number of hydrogen-bond acceptors (Lipinski definition) is 4. The van der Waals surface area contributed by atoms with E-state index in [1.54, 1.807) is 9.80 Å². The predicted octanol–water partition coefficient (Wildman–Crippen LogP) is 0.806. The van der Waals surface area contributed by atoms with Crippen LogP contribution in [0.3, 0.4) is 0 Å². The number of nitrogens with zero attached hydrogens (tertiary/aromatic N) is 4. The van der Waals surface area contributed by atoms with Gasteiger partial charge in [0.2, 0.25) is 6.41 Å². The molecule has 0 unspecified atom stereocenters. The number of piperazine rings is 1. The summed E-state index contributed by atoms with van der Waals surface area (Å²) >= 11 is 0. The molecule has 27 heavy (non-hydrogen) atoms. The SMILES string of the molecule is O=CN1CCN(C(=O)c2nc(C(=O)NC3CCCC3)n3c2CCCC3)CC1. The predicted molar refractivity (Wildman–Crippen MR) is 98.4 cm³/mol. The van der Waals surface area contributed by atoms with Crippen LogP contribution >= 0.6 is 0 Å². The lowest BCUT2D eigenvalue weighted by molar-refractivity contribution is -0.119. The molecule has 0 atom stereocenters. The molecule has 1 aromatic heterocycles. The minimum Gasteiger partial charge on any atom is -0.347 e. The van der Waals surface area contributed by atoms with Gasteiger partial charge in [-0.15, -0.1) is 0 Å². The van der Waals surface area contributed by atoms with Crippen molar-refractivity contribution in [3.05, 3.63) is 17.2 Å². The number of imidazole rings is 1. The van der Waals surface area contributed by atoms with Crippen molar-refractivity contribution in [3.8, 4) is 0 Å². The molecule has 146 valence electrons. The van der Waals surface area contributed by atoms with Crippen molar-refractivity contribution in [3.63, 3.8) is 0 Å². The van der Waals surface area contributed by atoms with Crippen molar-refractivity contribution in [2.75, 3.05) is 26.2 Å². The van der Waals surface area contributed by atoms with E-state index in [-0.39, 0.29) is 17.9 Å². The van der Waals surface area contributed by atoms with Crippen LogP contribution in [0, 0.1) is 0 Å². The molecule has 0 spiro atoms. The molecule has 1 aromatic rings. The molecule has 2 aliphatic heterocycles. The van der Waals surface area contributed by atoms with Crippen molar-refractivity contribution in [2.24, 2.45) is 0 Å². The van der Waals surface area contributed by atoms with Crippen molar-refractivity contribution < 1.29 is 14.4 Å². The number of carbonyl (C=O) groups excluding carboxylic acids is 3. The van der Waals surface area contributed by atoms with Crippen LogP contribution in [0.4, 0.5) is 0 Å². The normalized spacial score (nSPS) is 20.4. The fourth-order valence-corrected chi connectivity index (χ4v) is 4.39. The first-order chi connectivity index (χ1) is 13.2. The third-order valence-corrected chi connectivity index (χ3v) is 5.96. The Hall–Kier alpha value is -2.38. The molecule has 2 fully saturated rings. The Bertz CT molecular complexity index is 730. The Morgan fingerprint density at radius 2 is 1.74 bits per heavy atom. The summed E-state index contributed by atoms with van der Waals surface area (Å²) in [6.07, 6.45) is 7.96. The Kier molecular flexibility index (Phi) is 5.13. The fraction of sp³-hybridized carbons (Fsp3) is 0.684. The fourth-order valence-electron chi connectivity index (χ4n) is 4.39. The maximum atomic E-state index is 13.1. The van der Waals surface area contributed by atoms with E-state index < -0.39 is 0 Å². The second-order valence-corrected chi connectivity index (χ2v) is 7.73. The largest absolute Gasteiger partial charge is 0.347 e. The highest BCUT2D eigenvalue weighted by atomic mass is 16.2. The van der Waals surface area contributed by atoms with Crippen LogP contribution in [0.15, 0.2) is 0 Å². The van der Waals surface area contributed by atoms with Gasteiger partial charge in [-0.3, -0.25) is 14.4 Å². The van der Waals surface area contributed by atoms with Crippen molar-refractivity contribution in [1.82, 2.24) is 24.7 Å². The molecule has 3 aliphatic rings. The zero-order valence-electron chi connectivity index (χ0n) is 15.7. The molecule has 1 saturated heterocycles. The van der Waals surface area contributed by atoms with Crippen molar-refractivity contribution in [1.29, 1.82) is 0 Å². The van der Waals surface area contributed by atoms with Crippen LogP contribution in [0.2, 0.25) is 0 Å². The molecular formula is C19H27N5O3. The van der Waals surface area contributed by atoms with Gasteiger partial charge in [-0.25, -0.2) is 4.98 Å². The van der Waals surface area contributed by atoms with Gasteiger partial charge in [-0.2, -0.15) is 0 Å². The monoisotopic (exact) mass is 373 g/mol. The number of hydrogen-bond donors (Lipinski definition) is 1. The molecular weight excluding hydrogens is 346 g/mol. The Morgan fingerprint density at radius 3 is 2.44 bits per heavy atom. The van der Waals surface area contributed by atoms with Gasteiger partial charge in [0.05, 0.1) is 5.69 Å². The van der Waals surface area contributed by atoms with Crippen LogP contribution < -0.4 is 5.32 Å². The van der Waals surface area contributed by atoms with Crippen molar-refractivity contribution >= 4 is 18.2 Å². The standard InChI is InChI=1S/C19H27N5O3/c25-13-22-9-11-23(12-10-22)19(27)16-15-7-3-4-8-24(15)17(21-16)18(26)20-14-5-1-2-6-14/h13-14H,1-12H2,(H,20,26). The second-order valence-electron chi connectivity index (χ2n) is 7.73. The number of fused-ring (bicyclic) bond motifs is 1. The van der Waals surface area contributed by atoms with Gasteiger partial charge in [-0.1, -0.05) is 12.8 Å². The first kappa shape index (κ1) is 18.0. The van der Waals surface area contributed by atoms with Crippen molar-refractivity contribution in [2.45, 2.75) is 57.5 Å². The molecule has 0 aromatic carbocycles. The summed E-state index contributed by atoms with van der Waals surface area (Å²) in [6, 6.07) is 0.226. The van der Waals surface area contributed by atoms with E-state index in [1.807, 2.05) is 4.57 Å². The van der Waals surface area contributed by atoms with Gasteiger partial charge in [0.25, 0.3) is 11.8 Å². The molecule has 4 rings (SSSR count). The van der Waals surface area contributed by atoms with Crippen LogP contribution in [-0.4, -0.2) is 69.8 Å². The van der Waals surface area contributed by atoms with Crippen LogP contribution in [0.25, 0.3) is 0 Å². The molecule has 3 heterocycles. The van der Waals surface area contributed by atoms with Gasteiger partial charge in [0, 0.05) is 38.8 Å². The molecule has 0 radical (unpaired) electrons. The molecule has 3 amide bonds. The third kappa shape index (κ3) is 3.57. The van der Waals surface area contributed by atoms with Crippen LogP contribution in [0.1, 0.15) is 65.3 Å². The van der Waals surface area contributed by atoms with E-state index in [2.05, 4.69) is 10.3 Å². The van der Waals surface area contributed by atoms with E-state index in [9.17, 15) is 14.4 Å². The first-order valence-corrected chi connectivity index (χ1v) is 10.1. The summed E-state index contributed by atoms with van der Waals surface area (Å²) in [7, 11) is 0. The van der Waals surface area contributed by atoms with Gasteiger partial charge in [0.15, 0.2) is 5.82 Å². The molecule has 1 aliphatic carbocycles. The number of aromatic nitrogens is 2. The summed E-state index contributed by atoms with van der Waals surface area (Å²) in [6.45, 7) is 2.84. The minimum atomic E-state index is -0.158. The minimum absolute atomic E-state index is 0.119. The van der Waals surface area contributed by atoms with Gasteiger partial charge in [-0.05, 0) is 32.1 Å². The molecule has 8 nitrogen and oxygen atoms in total. The summed E-state index contributed by atoms with van der Waals surface area (Å²) in [5, 5.41) is 3.10. The van der Waals surface area contributed by atoms with E-state index in [0.717, 1.165) is 63.6 Å². The summed E-state index contributed by atoms with van der Waals surface area (Å²) < 4.78 is 1.95. The maximum absolute atomic E-state index is 13.1. The van der Waals surface area contributed by atoms with E-state index in [0.29, 0.717) is 37.7 Å². The molecule has 1 N–H and O–H groups in total. The lowest BCUT2D eigenvalue weighted by atomic mass is 10.1. The van der Waals surface area contributed by atoms with Gasteiger partial charge >= 0.3 is 0 Å². The lowest BCUT2D eigenvalue weighted by Gasteiger charge is -2.32. The third-order valence-electron chi connectivity index (χ3n) is 5.96. The maximum Gasteiger partial charge on any atom is 0.287 e. The first-order valence-electron chi connectivity index (χ1n) is 10.1. The smallest absolute Gasteiger partial charge is 0.287 e. The van der Waals surface area contributed by atoms with E-state index >= 15 is 0 Å². The van der Waals surface area contributed by atoms with Crippen LogP contribution in [-0.2, 0) is 17.8 Å². The number of nitrogens with one attached hydrogen (secondary N) is 1. The molecule has 8 heteroatoms. The Morgan fingerprint density at radius 1 is 1.00 bits per heavy atom. The summed E-state index contributed by atoms with van der Waals surface area (Å²) in [5.74, 6) is 0.104. The zero-order valence-corrected chi connectivity index (χ0v) is 15.7. The highest BCUT2D eigenvalue weighted by Crippen LogP contribution is 2.24. The Balaban J connectivity index is 1.55. The lowest BCUT2D eigenvalue weighted by Crippen LogP contribution is -2.48. The van der Waals surface area contributed by atoms with Gasteiger partial charge in [0.1, 0.15) is 5.69 Å². The molecule has 1 saturated carbocycles. The quantitative estimate of drug-likeness (QED) is 0.791. The number of amides is 3.